The van der Waals surface area contributed by atoms with E-state index in [1.54, 1.807) is 6.92 Å². The minimum atomic E-state index is -2.63. The average molecular weight is 367 g/mol. The van der Waals surface area contributed by atoms with Crippen molar-refractivity contribution in [2.75, 3.05) is 10.6 Å². The average Bonchev–Trinajstić information content (AvgIpc) is 2.98. The zero-order chi connectivity index (χ0) is 18.1. The van der Waals surface area contributed by atoms with Gasteiger partial charge in [-0.2, -0.15) is 10.2 Å². The Kier molecular flexibility index (Phi) is 4.55. The number of fused-ring (bicyclic) bond motifs is 1. The standard InChI is InChI=1S/C15H13ClF2N6O/c1-7-4-11(12(17)18)24-15(20-7)22-13(23-24)14(25)21-10-5-9(16)3-2-8(10)6-19/h2-3,5,7,11-12H,4H2,1H3,(H,21,25)(H,20,22,23). The maximum Gasteiger partial charge on any atom is 0.295 e. The molecule has 25 heavy (non-hydrogen) atoms. The van der Waals surface area contributed by atoms with Crippen LogP contribution in [0.25, 0.3) is 0 Å². The molecule has 2 aromatic rings. The Morgan fingerprint density at radius 3 is 3.00 bits per heavy atom. The van der Waals surface area contributed by atoms with E-state index < -0.39 is 18.4 Å². The highest BCUT2D eigenvalue weighted by atomic mass is 35.5. The lowest BCUT2D eigenvalue weighted by molar-refractivity contribution is 0.0662. The molecule has 0 fully saturated rings. The van der Waals surface area contributed by atoms with Crippen molar-refractivity contribution >= 4 is 29.1 Å². The van der Waals surface area contributed by atoms with Gasteiger partial charge < -0.3 is 10.6 Å². The third-order valence-corrected chi connectivity index (χ3v) is 4.00. The highest BCUT2D eigenvalue weighted by molar-refractivity contribution is 6.31. The maximum atomic E-state index is 13.2. The van der Waals surface area contributed by atoms with E-state index in [1.807, 2.05) is 6.07 Å². The Bertz CT molecular complexity index is 862. The van der Waals surface area contributed by atoms with Crippen molar-refractivity contribution in [3.05, 3.63) is 34.6 Å². The van der Waals surface area contributed by atoms with Gasteiger partial charge in [0.05, 0.1) is 11.3 Å². The molecule has 1 aliphatic heterocycles. The minimum Gasteiger partial charge on any atom is -0.352 e. The SMILES string of the molecule is CC1CC(C(F)F)n2nc(C(=O)Nc3cc(Cl)ccc3C#N)nc2N1. The maximum absolute atomic E-state index is 13.2. The molecule has 0 saturated carbocycles. The molecule has 7 nitrogen and oxygen atoms in total. The topological polar surface area (TPSA) is 95.6 Å². The van der Waals surface area contributed by atoms with Crippen LogP contribution in [0.2, 0.25) is 5.02 Å². The number of hydrogen-bond acceptors (Lipinski definition) is 5. The summed E-state index contributed by atoms with van der Waals surface area (Å²) in [4.78, 5) is 16.3. The summed E-state index contributed by atoms with van der Waals surface area (Å²) in [6, 6.07) is 4.94. The third-order valence-electron chi connectivity index (χ3n) is 3.76. The van der Waals surface area contributed by atoms with Gasteiger partial charge in [0.25, 0.3) is 12.3 Å². The van der Waals surface area contributed by atoms with Crippen LogP contribution in [0.15, 0.2) is 18.2 Å². The van der Waals surface area contributed by atoms with Gasteiger partial charge in [-0.3, -0.25) is 4.79 Å². The first-order valence-electron chi connectivity index (χ1n) is 7.41. The lowest BCUT2D eigenvalue weighted by Crippen LogP contribution is -2.33. The minimum absolute atomic E-state index is 0.112. The normalized spacial score (nSPS) is 19.0. The van der Waals surface area contributed by atoms with Gasteiger partial charge in [0.15, 0.2) is 0 Å². The number of nitrogens with zero attached hydrogens (tertiary/aromatic N) is 4. The number of rotatable bonds is 3. The van der Waals surface area contributed by atoms with Crippen LogP contribution in [0.1, 0.15) is 35.6 Å². The summed E-state index contributed by atoms with van der Waals surface area (Å²) in [6.07, 6.45) is -2.46. The molecule has 10 heteroatoms. The smallest absolute Gasteiger partial charge is 0.295 e. The predicted molar refractivity (Wildman–Crippen MR) is 86.9 cm³/mol. The number of alkyl halides is 2. The Morgan fingerprint density at radius 2 is 2.32 bits per heavy atom. The number of nitrogens with one attached hydrogen (secondary N) is 2. The van der Waals surface area contributed by atoms with E-state index in [0.717, 1.165) is 4.68 Å². The number of amides is 1. The molecule has 2 heterocycles. The molecule has 3 rings (SSSR count). The second-order valence-electron chi connectivity index (χ2n) is 5.64. The monoisotopic (exact) mass is 366 g/mol. The van der Waals surface area contributed by atoms with E-state index in [4.69, 9.17) is 16.9 Å². The number of anilines is 2. The molecule has 130 valence electrons. The van der Waals surface area contributed by atoms with Crippen molar-refractivity contribution in [3.63, 3.8) is 0 Å². The Hall–Kier alpha value is -2.73. The molecule has 0 radical (unpaired) electrons. The van der Waals surface area contributed by atoms with E-state index in [-0.39, 0.29) is 35.5 Å². The van der Waals surface area contributed by atoms with Crippen molar-refractivity contribution in [2.45, 2.75) is 31.9 Å². The van der Waals surface area contributed by atoms with Crippen molar-refractivity contribution in [1.82, 2.24) is 14.8 Å². The van der Waals surface area contributed by atoms with Crippen molar-refractivity contribution in [1.29, 1.82) is 5.26 Å². The summed E-state index contributed by atoms with van der Waals surface area (Å²) in [6.45, 7) is 1.75. The molecule has 0 spiro atoms. The number of carbonyl (C=O) groups excluding carboxylic acids is 1. The van der Waals surface area contributed by atoms with Gasteiger partial charge >= 0.3 is 0 Å². The molecule has 0 saturated heterocycles. The fraction of sp³-hybridized carbons (Fsp3) is 0.333. The number of aromatic nitrogens is 3. The largest absolute Gasteiger partial charge is 0.352 e. The van der Waals surface area contributed by atoms with Crippen LogP contribution in [-0.2, 0) is 0 Å². The Morgan fingerprint density at radius 1 is 1.56 bits per heavy atom. The summed E-state index contributed by atoms with van der Waals surface area (Å²) >= 11 is 5.87. The summed E-state index contributed by atoms with van der Waals surface area (Å²) in [7, 11) is 0. The Balaban J connectivity index is 1.89. The number of halogens is 3. The zero-order valence-electron chi connectivity index (χ0n) is 13.0. The second kappa shape index (κ2) is 6.64. The first-order chi connectivity index (χ1) is 11.9. The molecule has 2 atom stereocenters. The second-order valence-corrected chi connectivity index (χ2v) is 6.08. The van der Waals surface area contributed by atoms with Crippen LogP contribution in [0, 0.1) is 11.3 Å². The van der Waals surface area contributed by atoms with E-state index in [9.17, 15) is 13.6 Å². The van der Waals surface area contributed by atoms with Crippen molar-refractivity contribution < 1.29 is 13.6 Å². The van der Waals surface area contributed by atoms with E-state index in [0.29, 0.717) is 5.02 Å². The summed E-state index contributed by atoms with van der Waals surface area (Å²) in [5, 5.41) is 18.7. The van der Waals surface area contributed by atoms with Crippen LogP contribution in [0.4, 0.5) is 20.4 Å². The molecule has 1 aromatic heterocycles. The van der Waals surface area contributed by atoms with E-state index >= 15 is 0 Å². The number of nitriles is 1. The molecule has 0 bridgehead atoms. The molecular weight excluding hydrogens is 354 g/mol. The van der Waals surface area contributed by atoms with Crippen LogP contribution in [0.5, 0.6) is 0 Å². The number of hydrogen-bond donors (Lipinski definition) is 2. The molecular formula is C15H13ClF2N6O. The number of carbonyl (C=O) groups is 1. The van der Waals surface area contributed by atoms with Crippen molar-refractivity contribution in [3.8, 4) is 6.07 Å². The quantitative estimate of drug-likeness (QED) is 0.870. The van der Waals surface area contributed by atoms with Gasteiger partial charge in [-0.1, -0.05) is 11.6 Å². The van der Waals surface area contributed by atoms with Gasteiger partial charge in [-0.05, 0) is 31.5 Å². The molecule has 1 aliphatic rings. The third kappa shape index (κ3) is 3.39. The zero-order valence-corrected chi connectivity index (χ0v) is 13.8. The van der Waals surface area contributed by atoms with E-state index in [2.05, 4.69) is 20.7 Å². The van der Waals surface area contributed by atoms with Crippen LogP contribution < -0.4 is 10.6 Å². The lowest BCUT2D eigenvalue weighted by Gasteiger charge is -2.28. The molecule has 0 aliphatic carbocycles. The fourth-order valence-corrected chi connectivity index (χ4v) is 2.77. The van der Waals surface area contributed by atoms with E-state index in [1.165, 1.54) is 18.2 Å². The van der Waals surface area contributed by atoms with Gasteiger partial charge in [-0.15, -0.1) is 5.10 Å². The molecule has 1 amide bonds. The number of benzene rings is 1. The van der Waals surface area contributed by atoms with Crippen LogP contribution in [-0.4, -0.2) is 33.1 Å². The Labute approximate surface area is 146 Å². The summed E-state index contributed by atoms with van der Waals surface area (Å²) < 4.78 is 27.4. The van der Waals surface area contributed by atoms with Gasteiger partial charge in [-0.25, -0.2) is 13.5 Å². The van der Waals surface area contributed by atoms with Crippen LogP contribution >= 0.6 is 11.6 Å². The fourth-order valence-electron chi connectivity index (χ4n) is 2.60. The first kappa shape index (κ1) is 17.1. The summed E-state index contributed by atoms with van der Waals surface area (Å²) in [5.74, 6) is -0.880. The van der Waals surface area contributed by atoms with Crippen LogP contribution in [0.3, 0.4) is 0 Å². The van der Waals surface area contributed by atoms with Crippen molar-refractivity contribution in [2.24, 2.45) is 0 Å². The van der Waals surface area contributed by atoms with Gasteiger partial charge in [0, 0.05) is 11.1 Å². The lowest BCUT2D eigenvalue weighted by atomic mass is 10.1. The predicted octanol–water partition coefficient (Wildman–Crippen LogP) is 3.07. The van der Waals surface area contributed by atoms with Gasteiger partial charge in [0.1, 0.15) is 12.1 Å². The molecule has 2 unspecified atom stereocenters. The molecule has 2 N–H and O–H groups in total. The summed E-state index contributed by atoms with van der Waals surface area (Å²) in [5.41, 5.74) is 0.401. The highest BCUT2D eigenvalue weighted by Gasteiger charge is 2.34. The highest BCUT2D eigenvalue weighted by Crippen LogP contribution is 2.30. The first-order valence-corrected chi connectivity index (χ1v) is 7.79. The molecule has 1 aromatic carbocycles. The van der Waals surface area contributed by atoms with Gasteiger partial charge in [0.2, 0.25) is 11.8 Å².